The third-order valence-corrected chi connectivity index (χ3v) is 5.38. The van der Waals surface area contributed by atoms with Crippen LogP contribution < -0.4 is 11.2 Å². The van der Waals surface area contributed by atoms with Crippen LogP contribution in [0.2, 0.25) is 5.02 Å². The highest BCUT2D eigenvalue weighted by molar-refractivity contribution is 6.30. The van der Waals surface area contributed by atoms with Crippen LogP contribution >= 0.6 is 11.6 Å². The molecule has 1 aromatic carbocycles. The maximum absolute atomic E-state index is 13.2. The quantitative estimate of drug-likeness (QED) is 0.576. The van der Waals surface area contributed by atoms with E-state index in [4.69, 9.17) is 16.3 Å². The molecule has 29 heavy (non-hydrogen) atoms. The average molecular weight is 417 g/mol. The van der Waals surface area contributed by atoms with E-state index in [1.165, 1.54) is 20.0 Å². The van der Waals surface area contributed by atoms with Crippen LogP contribution in [0.3, 0.4) is 0 Å². The molecule has 0 spiro atoms. The third-order valence-electron chi connectivity index (χ3n) is 5.12. The van der Waals surface area contributed by atoms with Crippen LogP contribution in [0.5, 0.6) is 0 Å². The molecule has 0 amide bonds. The van der Waals surface area contributed by atoms with Crippen LogP contribution in [0.25, 0.3) is 16.9 Å². The Kier molecular flexibility index (Phi) is 5.04. The molecular formula is C20H21ClN4O4. The number of halogens is 1. The second-order valence-electron chi connectivity index (χ2n) is 7.21. The molecule has 2 heterocycles. The molecule has 9 heteroatoms. The van der Waals surface area contributed by atoms with E-state index >= 15 is 0 Å². The zero-order valence-electron chi connectivity index (χ0n) is 16.2. The second-order valence-corrected chi connectivity index (χ2v) is 7.64. The van der Waals surface area contributed by atoms with Crippen molar-refractivity contribution in [1.82, 2.24) is 18.7 Å². The molecule has 3 aromatic rings. The summed E-state index contributed by atoms with van der Waals surface area (Å²) in [5.41, 5.74) is 0.0378. The van der Waals surface area contributed by atoms with Gasteiger partial charge in [-0.2, -0.15) is 0 Å². The lowest BCUT2D eigenvalue weighted by Gasteiger charge is -2.15. The monoisotopic (exact) mass is 416 g/mol. The minimum atomic E-state index is -0.752. The molecule has 4 rings (SSSR count). The minimum Gasteiger partial charge on any atom is -0.464 e. The molecule has 1 saturated carbocycles. The van der Waals surface area contributed by atoms with Gasteiger partial charge in [-0.05, 0) is 56.9 Å². The van der Waals surface area contributed by atoms with Crippen LogP contribution in [0.4, 0.5) is 0 Å². The third kappa shape index (κ3) is 3.48. The van der Waals surface area contributed by atoms with Crippen LogP contribution in [0, 0.1) is 5.92 Å². The summed E-state index contributed by atoms with van der Waals surface area (Å²) >= 11 is 5.99. The Morgan fingerprint density at radius 2 is 1.97 bits per heavy atom. The van der Waals surface area contributed by atoms with E-state index in [0.717, 1.165) is 12.8 Å². The summed E-state index contributed by atoms with van der Waals surface area (Å²) in [7, 11) is 0. The number of nitrogens with zero attached hydrogens (tertiary/aromatic N) is 4. The first-order valence-electron chi connectivity index (χ1n) is 9.57. The predicted octanol–water partition coefficient (Wildman–Crippen LogP) is 2.54. The number of aromatic nitrogens is 4. The van der Waals surface area contributed by atoms with Gasteiger partial charge in [0, 0.05) is 11.6 Å². The average Bonchev–Trinajstić information content (AvgIpc) is 3.42. The second kappa shape index (κ2) is 7.51. The number of ether oxygens (including phenoxy) is 1. The van der Waals surface area contributed by atoms with Crippen molar-refractivity contribution in [3.63, 3.8) is 0 Å². The number of carbonyl (C=O) groups is 1. The fourth-order valence-corrected chi connectivity index (χ4v) is 3.49. The van der Waals surface area contributed by atoms with Gasteiger partial charge in [0.05, 0.1) is 18.6 Å². The molecule has 0 saturated heterocycles. The number of carbonyl (C=O) groups excluding carboxylic acids is 1. The number of hydrogen-bond donors (Lipinski definition) is 0. The van der Waals surface area contributed by atoms with Gasteiger partial charge in [-0.25, -0.2) is 19.1 Å². The molecule has 0 unspecified atom stereocenters. The van der Waals surface area contributed by atoms with Crippen molar-refractivity contribution in [2.45, 2.75) is 39.3 Å². The maximum atomic E-state index is 13.2. The fourth-order valence-electron chi connectivity index (χ4n) is 3.36. The predicted molar refractivity (Wildman–Crippen MR) is 109 cm³/mol. The molecule has 8 nitrogen and oxygen atoms in total. The van der Waals surface area contributed by atoms with Gasteiger partial charge < -0.3 is 9.30 Å². The lowest BCUT2D eigenvalue weighted by Crippen LogP contribution is -2.41. The smallest absolute Gasteiger partial charge is 0.337 e. The number of benzene rings is 1. The highest BCUT2D eigenvalue weighted by Gasteiger charge is 2.28. The molecule has 0 radical (unpaired) electrons. The van der Waals surface area contributed by atoms with Gasteiger partial charge in [0.1, 0.15) is 6.04 Å². The number of esters is 1. The Morgan fingerprint density at radius 3 is 2.59 bits per heavy atom. The largest absolute Gasteiger partial charge is 0.464 e. The first-order valence-corrected chi connectivity index (χ1v) is 9.95. The Labute approximate surface area is 171 Å². The number of fused-ring (bicyclic) bond motifs is 1. The van der Waals surface area contributed by atoms with Crippen LogP contribution in [0.15, 0.2) is 40.2 Å². The Bertz CT molecular complexity index is 1190. The van der Waals surface area contributed by atoms with E-state index in [2.05, 4.69) is 4.98 Å². The van der Waals surface area contributed by atoms with E-state index in [9.17, 15) is 14.4 Å². The zero-order valence-corrected chi connectivity index (χ0v) is 16.9. The van der Waals surface area contributed by atoms with E-state index < -0.39 is 23.3 Å². The Hall–Kier alpha value is -2.87. The highest BCUT2D eigenvalue weighted by Crippen LogP contribution is 2.30. The van der Waals surface area contributed by atoms with Gasteiger partial charge in [-0.3, -0.25) is 9.36 Å². The van der Waals surface area contributed by atoms with Crippen molar-refractivity contribution in [3.8, 4) is 5.69 Å². The van der Waals surface area contributed by atoms with Gasteiger partial charge in [0.15, 0.2) is 11.2 Å². The summed E-state index contributed by atoms with van der Waals surface area (Å²) in [6, 6.07) is 5.98. The van der Waals surface area contributed by atoms with Gasteiger partial charge in [0.25, 0.3) is 5.56 Å². The first kappa shape index (κ1) is 19.4. The van der Waals surface area contributed by atoms with E-state index in [1.807, 2.05) is 0 Å². The maximum Gasteiger partial charge on any atom is 0.337 e. The number of rotatable bonds is 6. The molecule has 2 aromatic heterocycles. The Balaban J connectivity index is 1.99. The molecule has 0 N–H and O–H groups in total. The molecule has 1 aliphatic rings. The molecular weight excluding hydrogens is 396 g/mol. The molecule has 1 fully saturated rings. The lowest BCUT2D eigenvalue weighted by atomic mass is 10.3. The van der Waals surface area contributed by atoms with Gasteiger partial charge >= 0.3 is 11.7 Å². The topological polar surface area (TPSA) is 88.1 Å². The van der Waals surface area contributed by atoms with Crippen LogP contribution in [0.1, 0.15) is 32.7 Å². The number of imidazole rings is 1. The summed E-state index contributed by atoms with van der Waals surface area (Å²) in [5.74, 6) is -0.153. The standard InChI is InChI=1S/C20H21ClN4O4/c1-3-29-19(27)12(2)24-11-22-17-16(24)18(26)23(10-13-4-5-13)20(28)25(17)15-8-6-14(21)7-9-15/h6-9,11-13H,3-5,10H2,1-2H3/t12-/m0/s1. The SMILES string of the molecule is CCOC(=O)[C@H](C)n1cnc2c1c(=O)n(CC1CC1)c(=O)n2-c1ccc(Cl)cc1. The fraction of sp³-hybridized carbons (Fsp3) is 0.400. The summed E-state index contributed by atoms with van der Waals surface area (Å²) in [6.45, 7) is 3.94. The van der Waals surface area contributed by atoms with Crippen molar-refractivity contribution in [3.05, 3.63) is 56.5 Å². The van der Waals surface area contributed by atoms with E-state index in [0.29, 0.717) is 23.2 Å². The Morgan fingerprint density at radius 1 is 1.28 bits per heavy atom. The number of hydrogen-bond acceptors (Lipinski definition) is 5. The van der Waals surface area contributed by atoms with Gasteiger partial charge in [0.2, 0.25) is 0 Å². The van der Waals surface area contributed by atoms with E-state index in [-0.39, 0.29) is 17.8 Å². The van der Waals surface area contributed by atoms with Crippen molar-refractivity contribution >= 4 is 28.7 Å². The highest BCUT2D eigenvalue weighted by atomic mass is 35.5. The van der Waals surface area contributed by atoms with Crippen molar-refractivity contribution < 1.29 is 9.53 Å². The summed E-state index contributed by atoms with van der Waals surface area (Å²) < 4.78 is 9.20. The zero-order chi connectivity index (χ0) is 20.7. The summed E-state index contributed by atoms with van der Waals surface area (Å²) in [4.78, 5) is 43.0. The normalized spacial score (nSPS) is 14.9. The van der Waals surface area contributed by atoms with Gasteiger partial charge in [-0.15, -0.1) is 0 Å². The summed E-state index contributed by atoms with van der Waals surface area (Å²) in [6.07, 6.45) is 3.38. The van der Waals surface area contributed by atoms with Gasteiger partial charge in [-0.1, -0.05) is 11.6 Å². The van der Waals surface area contributed by atoms with Crippen molar-refractivity contribution in [1.29, 1.82) is 0 Å². The van der Waals surface area contributed by atoms with Crippen LogP contribution in [-0.2, 0) is 16.1 Å². The molecule has 1 atom stereocenters. The molecule has 152 valence electrons. The van der Waals surface area contributed by atoms with E-state index in [1.54, 1.807) is 38.1 Å². The molecule has 0 bridgehead atoms. The lowest BCUT2D eigenvalue weighted by molar-refractivity contribution is -0.146. The summed E-state index contributed by atoms with van der Waals surface area (Å²) in [5, 5.41) is 0.533. The molecule has 1 aliphatic carbocycles. The van der Waals surface area contributed by atoms with Crippen molar-refractivity contribution in [2.75, 3.05) is 6.61 Å². The minimum absolute atomic E-state index is 0.195. The van der Waals surface area contributed by atoms with Crippen LogP contribution in [-0.4, -0.2) is 31.3 Å². The molecule has 0 aliphatic heterocycles. The van der Waals surface area contributed by atoms with Crippen molar-refractivity contribution in [2.24, 2.45) is 5.92 Å². The first-order chi connectivity index (χ1) is 13.9.